The number of carbonyl (C=O) groups is 2. The first-order valence-electron chi connectivity index (χ1n) is 11.4. The van der Waals surface area contributed by atoms with E-state index in [2.05, 4.69) is 16.0 Å². The first-order chi connectivity index (χ1) is 16.0. The molecule has 2 aliphatic rings. The van der Waals surface area contributed by atoms with Gasteiger partial charge in [-0.1, -0.05) is 0 Å². The second kappa shape index (κ2) is 10.1. The van der Waals surface area contributed by atoms with Gasteiger partial charge >= 0.3 is 0 Å². The highest BCUT2D eigenvalue weighted by Crippen LogP contribution is 2.31. The van der Waals surface area contributed by atoms with E-state index in [-0.39, 0.29) is 29.3 Å². The van der Waals surface area contributed by atoms with Gasteiger partial charge in [0.15, 0.2) is 5.76 Å². The Bertz CT molecular complexity index is 1000. The third-order valence-corrected chi connectivity index (χ3v) is 6.34. The van der Waals surface area contributed by atoms with Crippen LogP contribution in [0.5, 0.6) is 0 Å². The Kier molecular flexibility index (Phi) is 6.99. The number of aromatic nitrogens is 1. The van der Waals surface area contributed by atoms with Crippen LogP contribution in [0.1, 0.15) is 25.0 Å². The van der Waals surface area contributed by atoms with E-state index < -0.39 is 0 Å². The number of oxazole rings is 1. The number of nitrogens with zero attached hydrogens (tertiary/aromatic N) is 6. The van der Waals surface area contributed by atoms with Crippen LogP contribution in [0.2, 0.25) is 0 Å². The Morgan fingerprint density at radius 2 is 1.97 bits per heavy atom. The van der Waals surface area contributed by atoms with Crippen molar-refractivity contribution < 1.29 is 18.4 Å². The Morgan fingerprint density at radius 3 is 2.64 bits per heavy atom. The minimum Gasteiger partial charge on any atom is -0.459 e. The molecule has 2 aliphatic heterocycles. The van der Waals surface area contributed by atoms with E-state index in [4.69, 9.17) is 8.83 Å². The van der Waals surface area contributed by atoms with Gasteiger partial charge in [0.05, 0.1) is 12.8 Å². The van der Waals surface area contributed by atoms with Gasteiger partial charge in [0.25, 0.3) is 5.89 Å². The molecule has 0 aromatic carbocycles. The molecule has 0 radical (unpaired) electrons. The minimum absolute atomic E-state index is 0.0470. The molecule has 2 aromatic heterocycles. The molecule has 0 spiro atoms. The molecular weight excluding hydrogens is 424 g/mol. The van der Waals surface area contributed by atoms with Crippen LogP contribution in [0.25, 0.3) is 11.7 Å². The van der Waals surface area contributed by atoms with Crippen molar-refractivity contribution in [2.24, 2.45) is 5.92 Å². The maximum atomic E-state index is 13.2. The van der Waals surface area contributed by atoms with Crippen LogP contribution >= 0.6 is 0 Å². The molecule has 176 valence electrons. The van der Waals surface area contributed by atoms with E-state index in [1.54, 1.807) is 31.1 Å². The van der Waals surface area contributed by atoms with Crippen molar-refractivity contribution in [2.45, 2.75) is 19.3 Å². The summed E-state index contributed by atoms with van der Waals surface area (Å²) in [5.74, 6) is 1.42. The maximum Gasteiger partial charge on any atom is 0.266 e. The number of hydrogen-bond donors (Lipinski definition) is 0. The molecule has 0 bridgehead atoms. The van der Waals surface area contributed by atoms with E-state index in [1.807, 2.05) is 9.80 Å². The van der Waals surface area contributed by atoms with Gasteiger partial charge in [-0.2, -0.15) is 10.2 Å². The van der Waals surface area contributed by atoms with Gasteiger partial charge in [0, 0.05) is 59.3 Å². The quantitative estimate of drug-likeness (QED) is 0.671. The molecule has 4 heterocycles. The van der Waals surface area contributed by atoms with Gasteiger partial charge in [-0.05, 0) is 31.4 Å². The second-order valence-electron chi connectivity index (χ2n) is 8.77. The average molecular weight is 455 g/mol. The topological polar surface area (TPSA) is 110 Å². The number of furan rings is 1. The molecule has 33 heavy (non-hydrogen) atoms. The summed E-state index contributed by atoms with van der Waals surface area (Å²) < 4.78 is 11.2. The van der Waals surface area contributed by atoms with Gasteiger partial charge in [0.1, 0.15) is 6.07 Å². The standard InChI is InChI=1S/C23H30N6O4/c1-26(2)20(30)16-27-8-4-9-28(13-12-27)22(31)17-6-10-29(11-7-17)23-18(15-24)25-21(33-23)19-5-3-14-32-19/h3,5,14,17H,4,6-13,16H2,1-2H3. The van der Waals surface area contributed by atoms with Crippen molar-refractivity contribution in [1.82, 2.24) is 19.7 Å². The summed E-state index contributed by atoms with van der Waals surface area (Å²) in [6, 6.07) is 5.57. The highest BCUT2D eigenvalue weighted by atomic mass is 16.4. The number of likely N-dealkylation sites (N-methyl/N-ethyl adjacent to an activating group) is 1. The molecule has 10 heteroatoms. The zero-order chi connectivity index (χ0) is 23.4. The Labute approximate surface area is 193 Å². The summed E-state index contributed by atoms with van der Waals surface area (Å²) in [5.41, 5.74) is 0.228. The lowest BCUT2D eigenvalue weighted by Crippen LogP contribution is -2.44. The number of anilines is 1. The van der Waals surface area contributed by atoms with Crippen LogP contribution in [0.3, 0.4) is 0 Å². The predicted octanol–water partition coefficient (Wildman–Crippen LogP) is 1.65. The van der Waals surface area contributed by atoms with Gasteiger partial charge in [-0.25, -0.2) is 0 Å². The number of amides is 2. The molecule has 4 rings (SSSR count). The summed E-state index contributed by atoms with van der Waals surface area (Å²) in [4.78, 5) is 37.1. The monoisotopic (exact) mass is 454 g/mol. The average Bonchev–Trinajstić information content (AvgIpc) is 3.45. The van der Waals surface area contributed by atoms with Crippen LogP contribution in [0, 0.1) is 17.2 Å². The second-order valence-corrected chi connectivity index (χ2v) is 8.77. The molecule has 2 saturated heterocycles. The molecule has 0 aliphatic carbocycles. The summed E-state index contributed by atoms with van der Waals surface area (Å²) in [6.07, 6.45) is 3.79. The van der Waals surface area contributed by atoms with Crippen molar-refractivity contribution >= 4 is 17.7 Å². The molecule has 0 atom stereocenters. The molecule has 10 nitrogen and oxygen atoms in total. The van der Waals surface area contributed by atoms with Crippen LogP contribution < -0.4 is 4.90 Å². The molecule has 0 saturated carbocycles. The largest absolute Gasteiger partial charge is 0.459 e. The van der Waals surface area contributed by atoms with Crippen molar-refractivity contribution in [3.8, 4) is 17.7 Å². The lowest BCUT2D eigenvalue weighted by Gasteiger charge is -2.33. The third-order valence-electron chi connectivity index (χ3n) is 6.34. The fraction of sp³-hybridized carbons (Fsp3) is 0.565. The maximum absolute atomic E-state index is 13.2. The summed E-state index contributed by atoms with van der Waals surface area (Å²) >= 11 is 0. The summed E-state index contributed by atoms with van der Waals surface area (Å²) in [5, 5.41) is 9.49. The van der Waals surface area contributed by atoms with Crippen molar-refractivity contribution in [3.05, 3.63) is 24.1 Å². The number of rotatable bonds is 5. The Morgan fingerprint density at radius 1 is 1.18 bits per heavy atom. The molecular formula is C23H30N6O4. The zero-order valence-electron chi connectivity index (χ0n) is 19.2. The van der Waals surface area contributed by atoms with E-state index >= 15 is 0 Å². The fourth-order valence-corrected chi connectivity index (χ4v) is 4.37. The van der Waals surface area contributed by atoms with Gasteiger partial charge in [0.2, 0.25) is 23.4 Å². The zero-order valence-corrected chi connectivity index (χ0v) is 19.2. The SMILES string of the molecule is CN(C)C(=O)CN1CCCN(C(=O)C2CCN(c3oc(-c4ccco4)nc3C#N)CC2)CC1. The number of nitriles is 1. The molecule has 0 unspecified atom stereocenters. The summed E-state index contributed by atoms with van der Waals surface area (Å²) in [7, 11) is 3.52. The van der Waals surface area contributed by atoms with Crippen molar-refractivity contribution in [1.29, 1.82) is 5.26 Å². The highest BCUT2D eigenvalue weighted by molar-refractivity contribution is 5.79. The van der Waals surface area contributed by atoms with Gasteiger partial charge < -0.3 is 23.5 Å². The highest BCUT2D eigenvalue weighted by Gasteiger charge is 2.32. The van der Waals surface area contributed by atoms with Crippen LogP contribution in [0.15, 0.2) is 27.2 Å². The van der Waals surface area contributed by atoms with Crippen LogP contribution in [-0.2, 0) is 9.59 Å². The van der Waals surface area contributed by atoms with E-state index in [0.29, 0.717) is 57.2 Å². The molecule has 0 N–H and O–H groups in total. The third kappa shape index (κ3) is 5.20. The van der Waals surface area contributed by atoms with E-state index in [9.17, 15) is 14.9 Å². The Balaban J connectivity index is 1.32. The van der Waals surface area contributed by atoms with Crippen molar-refractivity contribution in [2.75, 3.05) is 64.8 Å². The smallest absolute Gasteiger partial charge is 0.266 e. The van der Waals surface area contributed by atoms with E-state index in [1.165, 1.54) is 6.26 Å². The van der Waals surface area contributed by atoms with Crippen molar-refractivity contribution in [3.63, 3.8) is 0 Å². The number of piperidine rings is 1. The first kappa shape index (κ1) is 22.9. The van der Waals surface area contributed by atoms with Gasteiger partial charge in [-0.15, -0.1) is 0 Å². The van der Waals surface area contributed by atoms with Crippen LogP contribution in [0.4, 0.5) is 5.88 Å². The number of carbonyl (C=O) groups excluding carboxylic acids is 2. The lowest BCUT2D eigenvalue weighted by molar-refractivity contribution is -0.136. The van der Waals surface area contributed by atoms with E-state index in [0.717, 1.165) is 19.5 Å². The molecule has 2 fully saturated rings. The lowest BCUT2D eigenvalue weighted by atomic mass is 9.95. The Hall–Kier alpha value is -3.32. The predicted molar refractivity (Wildman–Crippen MR) is 120 cm³/mol. The normalized spacial score (nSPS) is 18.1. The van der Waals surface area contributed by atoms with Crippen LogP contribution in [-0.4, -0.2) is 91.4 Å². The summed E-state index contributed by atoms with van der Waals surface area (Å²) in [6.45, 7) is 4.54. The molecule has 2 amide bonds. The van der Waals surface area contributed by atoms with Gasteiger partial charge in [-0.3, -0.25) is 14.5 Å². The molecule has 2 aromatic rings. The number of hydrogen-bond acceptors (Lipinski definition) is 8. The first-order valence-corrected chi connectivity index (χ1v) is 11.4. The minimum atomic E-state index is -0.0470. The fourth-order valence-electron chi connectivity index (χ4n) is 4.37.